The smallest absolute Gasteiger partial charge is 0.548 e. The van der Waals surface area contributed by atoms with Crippen LogP contribution in [0.25, 0.3) is 0 Å². The van der Waals surface area contributed by atoms with E-state index in [0.29, 0.717) is 6.61 Å². The van der Waals surface area contributed by atoms with Crippen LogP contribution in [-0.2, 0) is 14.3 Å². The van der Waals surface area contributed by atoms with Crippen LogP contribution in [0.3, 0.4) is 0 Å². The van der Waals surface area contributed by atoms with Gasteiger partial charge >= 0.3 is 29.6 Å². The van der Waals surface area contributed by atoms with Gasteiger partial charge in [0, 0.05) is 0 Å². The molecule has 0 spiro atoms. The molecule has 0 aliphatic heterocycles. The molecule has 0 radical (unpaired) electrons. The zero-order valence-electron chi connectivity index (χ0n) is 24.4. The maximum atomic E-state index is 10.6. The van der Waals surface area contributed by atoms with Gasteiger partial charge in [-0.1, -0.05) is 142 Å². The molecule has 0 amide bonds. The topological polar surface area (TPSA) is 78.8 Å². The second-order valence-electron chi connectivity index (χ2n) is 10.4. The summed E-state index contributed by atoms with van der Waals surface area (Å²) in [6.07, 6.45) is 26.6. The van der Waals surface area contributed by atoms with Crippen molar-refractivity contribution in [1.82, 2.24) is 0 Å². The van der Waals surface area contributed by atoms with Crippen LogP contribution in [0.1, 0.15) is 155 Å². The SMILES string of the molecule is CCCCCCCCCCCCC(O)COC(CCCCCCCCCCCC)COCC(=O)[O-].[Na+]. The Morgan fingerprint density at radius 1 is 0.639 bits per heavy atom. The molecular weight excluding hydrogens is 463 g/mol. The van der Waals surface area contributed by atoms with E-state index in [-0.39, 0.29) is 42.3 Å². The van der Waals surface area contributed by atoms with E-state index in [9.17, 15) is 15.0 Å². The molecule has 0 fully saturated rings. The average molecular weight is 523 g/mol. The number of aliphatic carboxylic acids is 1. The van der Waals surface area contributed by atoms with E-state index < -0.39 is 18.7 Å². The summed E-state index contributed by atoms with van der Waals surface area (Å²) >= 11 is 0. The van der Waals surface area contributed by atoms with E-state index in [0.717, 1.165) is 32.1 Å². The number of hydrogen-bond acceptors (Lipinski definition) is 5. The van der Waals surface area contributed by atoms with Gasteiger partial charge in [0.05, 0.1) is 38.0 Å². The number of hydrogen-bond donors (Lipinski definition) is 1. The summed E-state index contributed by atoms with van der Waals surface area (Å²) in [5, 5.41) is 21.0. The fraction of sp³-hybridized carbons (Fsp3) is 0.967. The molecule has 0 heterocycles. The second kappa shape index (κ2) is 31.6. The molecule has 0 aromatic carbocycles. The molecule has 2 unspecified atom stereocenters. The van der Waals surface area contributed by atoms with Gasteiger partial charge in [-0.25, -0.2) is 0 Å². The number of carboxylic acid groups (broad SMARTS) is 1. The first-order chi connectivity index (χ1) is 17.1. The minimum absolute atomic E-state index is 0. The van der Waals surface area contributed by atoms with Crippen LogP contribution < -0.4 is 34.7 Å². The molecule has 0 aliphatic carbocycles. The Morgan fingerprint density at radius 3 is 1.44 bits per heavy atom. The van der Waals surface area contributed by atoms with Crippen molar-refractivity contribution in [2.24, 2.45) is 0 Å². The van der Waals surface area contributed by atoms with Gasteiger partial charge in [-0.2, -0.15) is 0 Å². The predicted octanol–water partition coefficient (Wildman–Crippen LogP) is 4.13. The van der Waals surface area contributed by atoms with Gasteiger partial charge in [0.25, 0.3) is 0 Å². The van der Waals surface area contributed by atoms with Crippen LogP contribution in [0, 0.1) is 0 Å². The van der Waals surface area contributed by atoms with Crippen LogP contribution in [0.2, 0.25) is 0 Å². The summed E-state index contributed by atoms with van der Waals surface area (Å²) < 4.78 is 11.2. The monoisotopic (exact) mass is 522 g/mol. The molecule has 1 N–H and O–H groups in total. The molecular formula is C30H59NaO5. The molecule has 0 aromatic rings. The van der Waals surface area contributed by atoms with Gasteiger partial charge in [0.1, 0.15) is 0 Å². The summed E-state index contributed by atoms with van der Waals surface area (Å²) in [5.74, 6) is -1.20. The summed E-state index contributed by atoms with van der Waals surface area (Å²) in [4.78, 5) is 10.6. The Morgan fingerprint density at radius 2 is 1.03 bits per heavy atom. The minimum Gasteiger partial charge on any atom is -0.548 e. The molecule has 2 atom stereocenters. The molecule has 5 nitrogen and oxygen atoms in total. The second-order valence-corrected chi connectivity index (χ2v) is 10.4. The molecule has 0 aliphatic rings. The molecule has 0 rings (SSSR count). The Kier molecular flexibility index (Phi) is 33.8. The minimum atomic E-state index is -1.20. The van der Waals surface area contributed by atoms with Crippen molar-refractivity contribution in [3.63, 3.8) is 0 Å². The zero-order valence-corrected chi connectivity index (χ0v) is 26.4. The zero-order chi connectivity index (χ0) is 25.8. The summed E-state index contributed by atoms with van der Waals surface area (Å²) in [6.45, 7) is 4.65. The number of aliphatic hydroxyl groups excluding tert-OH is 1. The first-order valence-corrected chi connectivity index (χ1v) is 15.2. The summed E-state index contributed by atoms with van der Waals surface area (Å²) in [5.41, 5.74) is 0. The van der Waals surface area contributed by atoms with Crippen LogP contribution in [0.4, 0.5) is 0 Å². The number of aliphatic hydroxyl groups is 1. The van der Waals surface area contributed by atoms with E-state index in [1.165, 1.54) is 109 Å². The normalized spacial score (nSPS) is 12.9. The van der Waals surface area contributed by atoms with Crippen molar-refractivity contribution in [3.05, 3.63) is 0 Å². The van der Waals surface area contributed by atoms with Crippen molar-refractivity contribution in [1.29, 1.82) is 0 Å². The third-order valence-corrected chi connectivity index (χ3v) is 6.82. The van der Waals surface area contributed by atoms with Crippen LogP contribution in [-0.4, -0.2) is 43.1 Å². The Bertz CT molecular complexity index is 436. The van der Waals surface area contributed by atoms with E-state index in [1.54, 1.807) is 0 Å². The summed E-state index contributed by atoms with van der Waals surface area (Å²) in [7, 11) is 0. The molecule has 6 heteroatoms. The third kappa shape index (κ3) is 30.6. The van der Waals surface area contributed by atoms with Crippen molar-refractivity contribution >= 4 is 5.97 Å². The van der Waals surface area contributed by atoms with E-state index in [1.807, 2.05) is 0 Å². The molecule has 0 saturated carbocycles. The number of carbonyl (C=O) groups is 1. The van der Waals surface area contributed by atoms with Gasteiger partial charge in [-0.15, -0.1) is 0 Å². The first-order valence-electron chi connectivity index (χ1n) is 15.2. The van der Waals surface area contributed by atoms with Crippen molar-refractivity contribution < 1.29 is 54.0 Å². The standard InChI is InChI=1S/C30H60O5.Na/c1-3-5-7-9-11-13-15-17-19-21-23-28(31)25-35-29(26-34-27-30(32)33)24-22-20-18-16-14-12-10-8-6-4-2;/h28-29,31H,3-27H2,1-2H3,(H,32,33);/q;+1/p-1. The van der Waals surface area contributed by atoms with Crippen molar-refractivity contribution in [2.45, 2.75) is 167 Å². The predicted molar refractivity (Wildman–Crippen MR) is 144 cm³/mol. The van der Waals surface area contributed by atoms with E-state index in [2.05, 4.69) is 13.8 Å². The molecule has 210 valence electrons. The van der Waals surface area contributed by atoms with Gasteiger partial charge in [-0.3, -0.25) is 0 Å². The van der Waals surface area contributed by atoms with E-state index in [4.69, 9.17) is 9.47 Å². The fourth-order valence-electron chi connectivity index (χ4n) is 4.55. The van der Waals surface area contributed by atoms with Gasteiger partial charge in [0.2, 0.25) is 0 Å². The molecule has 0 bridgehead atoms. The number of carboxylic acids is 1. The maximum Gasteiger partial charge on any atom is 1.00 e. The quantitative estimate of drug-likeness (QED) is 0.118. The number of unbranched alkanes of at least 4 members (excludes halogenated alkanes) is 18. The van der Waals surface area contributed by atoms with Crippen LogP contribution in [0.5, 0.6) is 0 Å². The van der Waals surface area contributed by atoms with E-state index >= 15 is 0 Å². The van der Waals surface area contributed by atoms with Crippen molar-refractivity contribution in [2.75, 3.05) is 19.8 Å². The Labute approximate surface area is 246 Å². The van der Waals surface area contributed by atoms with Gasteiger partial charge < -0.3 is 24.5 Å². The largest absolute Gasteiger partial charge is 1.00 e. The maximum absolute atomic E-state index is 10.6. The fourth-order valence-corrected chi connectivity index (χ4v) is 4.55. The van der Waals surface area contributed by atoms with Crippen LogP contribution >= 0.6 is 0 Å². The van der Waals surface area contributed by atoms with Gasteiger partial charge in [-0.05, 0) is 12.8 Å². The Hall–Kier alpha value is 0.350. The average Bonchev–Trinajstić information content (AvgIpc) is 2.84. The van der Waals surface area contributed by atoms with Crippen molar-refractivity contribution in [3.8, 4) is 0 Å². The molecule has 0 saturated heterocycles. The molecule has 0 aromatic heterocycles. The number of rotatable bonds is 29. The van der Waals surface area contributed by atoms with Gasteiger partial charge in [0.15, 0.2) is 0 Å². The Balaban J connectivity index is 0. The molecule has 36 heavy (non-hydrogen) atoms. The third-order valence-electron chi connectivity index (χ3n) is 6.82. The van der Waals surface area contributed by atoms with Crippen LogP contribution in [0.15, 0.2) is 0 Å². The summed E-state index contributed by atoms with van der Waals surface area (Å²) in [6, 6.07) is 0. The number of carbonyl (C=O) groups excluding carboxylic acids is 1. The number of ether oxygens (including phenoxy) is 2. The first kappa shape index (κ1) is 38.5.